The zero-order valence-electron chi connectivity index (χ0n) is 17.8. The molecule has 0 fully saturated rings. The van der Waals surface area contributed by atoms with E-state index in [0.29, 0.717) is 30.2 Å². The van der Waals surface area contributed by atoms with Crippen LogP contribution in [-0.4, -0.2) is 39.6 Å². The second kappa shape index (κ2) is 10.5. The van der Waals surface area contributed by atoms with E-state index in [-0.39, 0.29) is 24.2 Å². The first-order chi connectivity index (χ1) is 15.0. The standard InChI is InChI=1S/C24H27FN4O2/c1-3-5-15-28(24(31)4-2)17-23(30)26-22-16-21(18-9-7-6-8-10-18)27-29(22)20-13-11-19(25)12-14-20/h6-14,16H,3-5,15,17H2,1-2H3,(H,26,30). The minimum atomic E-state index is -0.352. The van der Waals surface area contributed by atoms with Gasteiger partial charge in [0, 0.05) is 24.6 Å². The molecule has 3 rings (SSSR count). The van der Waals surface area contributed by atoms with Crippen LogP contribution in [-0.2, 0) is 9.59 Å². The molecule has 162 valence electrons. The average Bonchev–Trinajstić information content (AvgIpc) is 3.20. The number of benzene rings is 2. The summed E-state index contributed by atoms with van der Waals surface area (Å²) in [5, 5.41) is 7.49. The molecule has 0 unspecified atom stereocenters. The molecule has 6 nitrogen and oxygen atoms in total. The highest BCUT2D eigenvalue weighted by Gasteiger charge is 2.18. The molecule has 0 aliphatic rings. The Bertz CT molecular complexity index is 1020. The van der Waals surface area contributed by atoms with Crippen molar-refractivity contribution in [3.05, 3.63) is 66.5 Å². The zero-order valence-corrected chi connectivity index (χ0v) is 17.8. The first-order valence-corrected chi connectivity index (χ1v) is 10.5. The molecule has 0 spiro atoms. The molecule has 2 amide bonds. The van der Waals surface area contributed by atoms with Gasteiger partial charge in [-0.2, -0.15) is 5.10 Å². The molecule has 31 heavy (non-hydrogen) atoms. The topological polar surface area (TPSA) is 67.2 Å². The number of aromatic nitrogens is 2. The van der Waals surface area contributed by atoms with Crippen LogP contribution in [0, 0.1) is 5.82 Å². The maximum Gasteiger partial charge on any atom is 0.245 e. The van der Waals surface area contributed by atoms with Crippen LogP contribution in [0.3, 0.4) is 0 Å². The lowest BCUT2D eigenvalue weighted by Gasteiger charge is -2.21. The summed E-state index contributed by atoms with van der Waals surface area (Å²) in [6.45, 7) is 4.35. The van der Waals surface area contributed by atoms with E-state index in [4.69, 9.17) is 0 Å². The third-order valence-corrected chi connectivity index (χ3v) is 4.89. The lowest BCUT2D eigenvalue weighted by molar-refractivity contribution is -0.134. The zero-order chi connectivity index (χ0) is 22.2. The van der Waals surface area contributed by atoms with Gasteiger partial charge in [0.2, 0.25) is 11.8 Å². The summed E-state index contributed by atoms with van der Waals surface area (Å²) < 4.78 is 15.0. The van der Waals surface area contributed by atoms with Gasteiger partial charge in [-0.15, -0.1) is 0 Å². The van der Waals surface area contributed by atoms with Gasteiger partial charge in [-0.3, -0.25) is 9.59 Å². The maximum atomic E-state index is 13.4. The molecule has 0 radical (unpaired) electrons. The van der Waals surface area contributed by atoms with Gasteiger partial charge in [-0.05, 0) is 30.7 Å². The summed E-state index contributed by atoms with van der Waals surface area (Å²) in [5.74, 6) is -0.259. The van der Waals surface area contributed by atoms with Crippen molar-refractivity contribution in [1.29, 1.82) is 0 Å². The number of hydrogen-bond donors (Lipinski definition) is 1. The Labute approximate surface area is 181 Å². The molecule has 0 saturated heterocycles. The van der Waals surface area contributed by atoms with E-state index in [1.807, 2.05) is 37.3 Å². The minimum Gasteiger partial charge on any atom is -0.333 e. The van der Waals surface area contributed by atoms with Crippen LogP contribution in [0.15, 0.2) is 60.7 Å². The maximum absolute atomic E-state index is 13.4. The number of amides is 2. The SMILES string of the molecule is CCCCN(CC(=O)Nc1cc(-c2ccccc2)nn1-c1ccc(F)cc1)C(=O)CC. The molecule has 1 aromatic heterocycles. The smallest absolute Gasteiger partial charge is 0.245 e. The van der Waals surface area contributed by atoms with Crippen molar-refractivity contribution < 1.29 is 14.0 Å². The quantitative estimate of drug-likeness (QED) is 0.546. The van der Waals surface area contributed by atoms with E-state index < -0.39 is 0 Å². The molecule has 1 heterocycles. The van der Waals surface area contributed by atoms with Crippen molar-refractivity contribution >= 4 is 17.6 Å². The Morgan fingerprint density at radius 1 is 1.06 bits per heavy atom. The molecule has 1 N–H and O–H groups in total. The Morgan fingerprint density at radius 2 is 1.77 bits per heavy atom. The third kappa shape index (κ3) is 5.78. The van der Waals surface area contributed by atoms with Crippen molar-refractivity contribution in [3.63, 3.8) is 0 Å². The summed E-state index contributed by atoms with van der Waals surface area (Å²) in [5.41, 5.74) is 2.18. The summed E-state index contributed by atoms with van der Waals surface area (Å²) in [6, 6.07) is 17.2. The van der Waals surface area contributed by atoms with Gasteiger partial charge in [-0.1, -0.05) is 50.6 Å². The largest absolute Gasteiger partial charge is 0.333 e. The number of nitrogens with one attached hydrogen (secondary N) is 1. The molecule has 0 bridgehead atoms. The van der Waals surface area contributed by atoms with Crippen LogP contribution in [0.25, 0.3) is 16.9 Å². The highest BCUT2D eigenvalue weighted by molar-refractivity contribution is 5.94. The van der Waals surface area contributed by atoms with Crippen LogP contribution in [0.2, 0.25) is 0 Å². The van der Waals surface area contributed by atoms with E-state index in [9.17, 15) is 14.0 Å². The highest BCUT2D eigenvalue weighted by atomic mass is 19.1. The molecule has 3 aromatic rings. The number of halogens is 1. The van der Waals surface area contributed by atoms with Gasteiger partial charge in [-0.25, -0.2) is 9.07 Å². The van der Waals surface area contributed by atoms with Crippen LogP contribution >= 0.6 is 0 Å². The summed E-state index contributed by atoms with van der Waals surface area (Å²) in [4.78, 5) is 26.6. The molecule has 2 aromatic carbocycles. The lowest BCUT2D eigenvalue weighted by atomic mass is 10.1. The summed E-state index contributed by atoms with van der Waals surface area (Å²) in [7, 11) is 0. The number of carbonyl (C=O) groups is 2. The molecule has 0 aliphatic heterocycles. The number of carbonyl (C=O) groups excluding carboxylic acids is 2. The van der Waals surface area contributed by atoms with Crippen molar-refractivity contribution in [2.75, 3.05) is 18.4 Å². The Morgan fingerprint density at radius 3 is 2.42 bits per heavy atom. The number of rotatable bonds is 9. The molecule has 0 saturated carbocycles. The molecule has 0 atom stereocenters. The minimum absolute atomic E-state index is 0.0259. The van der Waals surface area contributed by atoms with E-state index in [1.54, 1.807) is 34.7 Å². The molecular weight excluding hydrogens is 395 g/mol. The van der Waals surface area contributed by atoms with Crippen LogP contribution in [0.5, 0.6) is 0 Å². The Hall–Kier alpha value is -3.48. The number of unbranched alkanes of at least 4 members (excludes halogenated alkanes) is 1. The fourth-order valence-electron chi connectivity index (χ4n) is 3.22. The fourth-order valence-corrected chi connectivity index (χ4v) is 3.22. The van der Waals surface area contributed by atoms with E-state index in [2.05, 4.69) is 10.4 Å². The highest BCUT2D eigenvalue weighted by Crippen LogP contribution is 2.25. The predicted octanol–water partition coefficient (Wildman–Crippen LogP) is 4.66. The van der Waals surface area contributed by atoms with Crippen LogP contribution < -0.4 is 5.32 Å². The molecule has 7 heteroatoms. The number of hydrogen-bond acceptors (Lipinski definition) is 3. The summed E-state index contributed by atoms with van der Waals surface area (Å²) >= 11 is 0. The van der Waals surface area contributed by atoms with Gasteiger partial charge in [0.05, 0.1) is 17.9 Å². The number of nitrogens with zero attached hydrogens (tertiary/aromatic N) is 3. The second-order valence-electron chi connectivity index (χ2n) is 7.24. The van der Waals surface area contributed by atoms with Gasteiger partial charge in [0.25, 0.3) is 0 Å². The average molecular weight is 423 g/mol. The van der Waals surface area contributed by atoms with E-state index >= 15 is 0 Å². The normalized spacial score (nSPS) is 10.7. The fraction of sp³-hybridized carbons (Fsp3) is 0.292. The lowest BCUT2D eigenvalue weighted by Crippen LogP contribution is -2.38. The molecular formula is C24H27FN4O2. The van der Waals surface area contributed by atoms with Crippen molar-refractivity contribution in [1.82, 2.24) is 14.7 Å². The predicted molar refractivity (Wildman–Crippen MR) is 119 cm³/mol. The second-order valence-corrected chi connectivity index (χ2v) is 7.24. The number of anilines is 1. The third-order valence-electron chi connectivity index (χ3n) is 4.89. The van der Waals surface area contributed by atoms with Crippen molar-refractivity contribution in [2.45, 2.75) is 33.1 Å². The van der Waals surface area contributed by atoms with Gasteiger partial charge < -0.3 is 10.2 Å². The van der Waals surface area contributed by atoms with E-state index in [1.165, 1.54) is 12.1 Å². The van der Waals surface area contributed by atoms with Gasteiger partial charge in [0.15, 0.2) is 0 Å². The Balaban J connectivity index is 1.88. The molecule has 0 aliphatic carbocycles. The van der Waals surface area contributed by atoms with Crippen LogP contribution in [0.1, 0.15) is 33.1 Å². The first kappa shape index (κ1) is 22.2. The monoisotopic (exact) mass is 422 g/mol. The van der Waals surface area contributed by atoms with E-state index in [0.717, 1.165) is 18.4 Å². The van der Waals surface area contributed by atoms with Gasteiger partial charge in [0.1, 0.15) is 11.6 Å². The van der Waals surface area contributed by atoms with Crippen molar-refractivity contribution in [3.8, 4) is 16.9 Å². The Kier molecular flexibility index (Phi) is 7.54. The van der Waals surface area contributed by atoms with Crippen LogP contribution in [0.4, 0.5) is 10.2 Å². The summed E-state index contributed by atoms with van der Waals surface area (Å²) in [6.07, 6.45) is 2.13. The van der Waals surface area contributed by atoms with Gasteiger partial charge >= 0.3 is 0 Å². The van der Waals surface area contributed by atoms with Crippen molar-refractivity contribution in [2.24, 2.45) is 0 Å². The first-order valence-electron chi connectivity index (χ1n) is 10.5.